The number of hydrogen-bond acceptors (Lipinski definition) is 3. The molecule has 0 aliphatic carbocycles. The van der Waals surface area contributed by atoms with E-state index in [1.807, 2.05) is 78.2 Å². The number of thiophene rings is 1. The van der Waals surface area contributed by atoms with E-state index in [1.54, 1.807) is 0 Å². The molecule has 25 heavy (non-hydrogen) atoms. The van der Waals surface area contributed by atoms with Crippen LogP contribution in [0.2, 0.25) is 0 Å². The third kappa shape index (κ3) is 4.68. The summed E-state index contributed by atoms with van der Waals surface area (Å²) in [6, 6.07) is 22.8. The minimum Gasteiger partial charge on any atom is -0.386 e. The Morgan fingerprint density at radius 1 is 0.920 bits per heavy atom. The molecule has 2 aromatic carbocycles. The fourth-order valence-corrected chi connectivity index (χ4v) is 3.31. The van der Waals surface area contributed by atoms with Crippen LogP contribution in [0.3, 0.4) is 0 Å². The van der Waals surface area contributed by atoms with Gasteiger partial charge in [-0.25, -0.2) is 4.79 Å². The summed E-state index contributed by atoms with van der Waals surface area (Å²) in [4.78, 5) is 13.2. The molecule has 2 amide bonds. The van der Waals surface area contributed by atoms with Crippen molar-refractivity contribution < 1.29 is 9.90 Å². The van der Waals surface area contributed by atoms with Gasteiger partial charge >= 0.3 is 6.03 Å². The van der Waals surface area contributed by atoms with E-state index >= 15 is 0 Å². The zero-order valence-electron chi connectivity index (χ0n) is 13.6. The number of amides is 2. The van der Waals surface area contributed by atoms with E-state index < -0.39 is 6.10 Å². The molecule has 1 aromatic heterocycles. The lowest BCUT2D eigenvalue weighted by Gasteiger charge is -2.20. The fraction of sp³-hybridized carbons (Fsp3) is 0.150. The van der Waals surface area contributed by atoms with E-state index in [1.165, 1.54) is 11.3 Å². The first-order valence-corrected chi connectivity index (χ1v) is 8.98. The van der Waals surface area contributed by atoms with Crippen LogP contribution in [0.25, 0.3) is 0 Å². The van der Waals surface area contributed by atoms with E-state index in [4.69, 9.17) is 0 Å². The minimum absolute atomic E-state index is 0.169. The second kappa shape index (κ2) is 8.46. The third-order valence-electron chi connectivity index (χ3n) is 3.87. The van der Waals surface area contributed by atoms with Gasteiger partial charge in [0.25, 0.3) is 0 Å². The van der Waals surface area contributed by atoms with Crippen LogP contribution < -0.4 is 10.6 Å². The topological polar surface area (TPSA) is 61.4 Å². The number of benzene rings is 2. The summed E-state index contributed by atoms with van der Waals surface area (Å²) in [5, 5.41) is 17.7. The highest BCUT2D eigenvalue weighted by molar-refractivity contribution is 7.10. The molecule has 1 heterocycles. The van der Waals surface area contributed by atoms with Gasteiger partial charge in [0.1, 0.15) is 6.10 Å². The average molecular weight is 352 g/mol. The summed E-state index contributed by atoms with van der Waals surface area (Å²) in [7, 11) is 0. The molecule has 3 aromatic rings. The first-order chi connectivity index (χ1) is 12.2. The summed E-state index contributed by atoms with van der Waals surface area (Å²) in [5.74, 6) is 0. The fourth-order valence-electron chi connectivity index (χ4n) is 2.60. The molecule has 0 bridgehead atoms. The van der Waals surface area contributed by atoms with Crippen molar-refractivity contribution in [1.29, 1.82) is 0 Å². The van der Waals surface area contributed by atoms with Gasteiger partial charge in [0.05, 0.1) is 12.6 Å². The third-order valence-corrected chi connectivity index (χ3v) is 4.84. The molecule has 128 valence electrons. The molecular formula is C20H20N2O2S. The van der Waals surface area contributed by atoms with Crippen molar-refractivity contribution in [3.63, 3.8) is 0 Å². The molecule has 0 saturated carbocycles. The van der Waals surface area contributed by atoms with Crippen LogP contribution in [0.4, 0.5) is 4.79 Å². The highest BCUT2D eigenvalue weighted by Gasteiger charge is 2.17. The number of hydrogen-bond donors (Lipinski definition) is 3. The Hall–Kier alpha value is -2.63. The van der Waals surface area contributed by atoms with E-state index in [2.05, 4.69) is 10.6 Å². The van der Waals surface area contributed by atoms with Gasteiger partial charge in [-0.05, 0) is 22.6 Å². The molecule has 0 radical (unpaired) electrons. The van der Waals surface area contributed by atoms with Gasteiger partial charge in [-0.3, -0.25) is 0 Å². The van der Waals surface area contributed by atoms with Crippen LogP contribution in [0.1, 0.15) is 28.1 Å². The van der Waals surface area contributed by atoms with E-state index in [-0.39, 0.29) is 18.6 Å². The van der Waals surface area contributed by atoms with Gasteiger partial charge in [0, 0.05) is 4.88 Å². The molecule has 1 atom stereocenters. The van der Waals surface area contributed by atoms with Gasteiger partial charge in [0.2, 0.25) is 0 Å². The van der Waals surface area contributed by atoms with Crippen molar-refractivity contribution in [3.8, 4) is 0 Å². The monoisotopic (exact) mass is 352 g/mol. The highest BCUT2D eigenvalue weighted by atomic mass is 32.1. The van der Waals surface area contributed by atoms with E-state index in [0.717, 1.165) is 16.0 Å². The lowest BCUT2D eigenvalue weighted by Crippen LogP contribution is -2.40. The van der Waals surface area contributed by atoms with Crippen LogP contribution in [0.15, 0.2) is 78.2 Å². The minimum atomic E-state index is -0.697. The number of nitrogens with one attached hydrogen (secondary N) is 2. The molecule has 3 N–H and O–H groups in total. The number of aliphatic hydroxyl groups excluding tert-OH is 1. The van der Waals surface area contributed by atoms with Crippen molar-refractivity contribution >= 4 is 17.4 Å². The molecule has 4 nitrogen and oxygen atoms in total. The average Bonchev–Trinajstić information content (AvgIpc) is 3.20. The highest BCUT2D eigenvalue weighted by Crippen LogP contribution is 2.22. The summed E-state index contributed by atoms with van der Waals surface area (Å²) in [5.41, 5.74) is 2.00. The molecule has 0 spiro atoms. The SMILES string of the molecule is O=C(NC[C@H](O)c1cccs1)NC(c1ccccc1)c1ccccc1. The molecular weight excluding hydrogens is 332 g/mol. The van der Waals surface area contributed by atoms with Gasteiger partial charge in [-0.15, -0.1) is 11.3 Å². The molecule has 0 saturated heterocycles. The predicted octanol–water partition coefficient (Wildman–Crippen LogP) is 3.87. The smallest absolute Gasteiger partial charge is 0.315 e. The summed E-state index contributed by atoms with van der Waals surface area (Å²) in [6.07, 6.45) is -0.697. The molecule has 0 aliphatic heterocycles. The number of carbonyl (C=O) groups is 1. The maximum absolute atomic E-state index is 12.3. The maximum Gasteiger partial charge on any atom is 0.315 e. The van der Waals surface area contributed by atoms with Crippen molar-refractivity contribution in [1.82, 2.24) is 10.6 Å². The van der Waals surface area contributed by atoms with Crippen LogP contribution in [0.5, 0.6) is 0 Å². The standard InChI is InChI=1S/C20H20N2O2S/c23-17(18-12-7-13-25-18)14-21-20(24)22-19(15-8-3-1-4-9-15)16-10-5-2-6-11-16/h1-13,17,19,23H,14H2,(H2,21,22,24)/t17-/m0/s1. The normalized spacial score (nSPS) is 11.9. The number of urea groups is 1. The Kier molecular flexibility index (Phi) is 5.82. The molecule has 0 aliphatic rings. The van der Waals surface area contributed by atoms with Crippen LogP contribution in [-0.2, 0) is 0 Å². The van der Waals surface area contributed by atoms with Crippen LogP contribution in [-0.4, -0.2) is 17.7 Å². The molecule has 3 rings (SSSR count). The van der Waals surface area contributed by atoms with Gasteiger partial charge in [0.15, 0.2) is 0 Å². The zero-order chi connectivity index (χ0) is 17.5. The first kappa shape index (κ1) is 17.2. The summed E-state index contributed by atoms with van der Waals surface area (Å²) in [6.45, 7) is 0.169. The number of aliphatic hydroxyl groups is 1. The Balaban J connectivity index is 1.67. The van der Waals surface area contributed by atoms with Gasteiger partial charge in [-0.2, -0.15) is 0 Å². The van der Waals surface area contributed by atoms with Crippen molar-refractivity contribution in [3.05, 3.63) is 94.2 Å². The van der Waals surface area contributed by atoms with Crippen LogP contribution >= 0.6 is 11.3 Å². The summed E-state index contributed by atoms with van der Waals surface area (Å²) < 4.78 is 0. The Labute approximate surface area is 151 Å². The number of carbonyl (C=O) groups excluding carboxylic acids is 1. The van der Waals surface area contributed by atoms with Crippen molar-refractivity contribution in [2.45, 2.75) is 12.1 Å². The zero-order valence-corrected chi connectivity index (χ0v) is 14.4. The lowest BCUT2D eigenvalue weighted by atomic mass is 9.99. The van der Waals surface area contributed by atoms with Gasteiger partial charge in [-0.1, -0.05) is 66.7 Å². The molecule has 5 heteroatoms. The Bertz CT molecular complexity index is 736. The lowest BCUT2D eigenvalue weighted by molar-refractivity contribution is 0.176. The maximum atomic E-state index is 12.3. The second-order valence-electron chi connectivity index (χ2n) is 5.64. The first-order valence-electron chi connectivity index (χ1n) is 8.10. The van der Waals surface area contributed by atoms with Crippen LogP contribution in [0, 0.1) is 0 Å². The van der Waals surface area contributed by atoms with Crippen molar-refractivity contribution in [2.75, 3.05) is 6.54 Å². The Morgan fingerprint density at radius 2 is 1.52 bits per heavy atom. The largest absolute Gasteiger partial charge is 0.386 e. The predicted molar refractivity (Wildman–Crippen MR) is 101 cm³/mol. The number of rotatable bonds is 6. The molecule has 0 fully saturated rings. The Morgan fingerprint density at radius 3 is 2.04 bits per heavy atom. The summed E-state index contributed by atoms with van der Waals surface area (Å²) >= 11 is 1.47. The van der Waals surface area contributed by atoms with E-state index in [9.17, 15) is 9.90 Å². The molecule has 0 unspecified atom stereocenters. The quantitative estimate of drug-likeness (QED) is 0.631. The van der Waals surface area contributed by atoms with Crippen molar-refractivity contribution in [2.24, 2.45) is 0 Å². The second-order valence-corrected chi connectivity index (χ2v) is 6.62. The van der Waals surface area contributed by atoms with E-state index in [0.29, 0.717) is 0 Å². The van der Waals surface area contributed by atoms with Gasteiger partial charge < -0.3 is 15.7 Å².